The van der Waals surface area contributed by atoms with Crippen LogP contribution in [0.5, 0.6) is 0 Å². The molecule has 3 rings (SSSR count). The molecule has 0 saturated heterocycles. The van der Waals surface area contributed by atoms with E-state index in [-0.39, 0.29) is 12.6 Å². The van der Waals surface area contributed by atoms with Crippen LogP contribution in [0.25, 0.3) is 11.4 Å². The molecule has 2 heterocycles. The number of hydrogen-bond donors (Lipinski definition) is 3. The van der Waals surface area contributed by atoms with Gasteiger partial charge in [0.25, 0.3) is 0 Å². The molecular formula is C13H13N7OS. The molecule has 3 aromatic rings. The van der Waals surface area contributed by atoms with Crippen LogP contribution in [0.4, 0.5) is 9.93 Å². The monoisotopic (exact) mass is 315 g/mol. The van der Waals surface area contributed by atoms with Crippen molar-refractivity contribution in [1.82, 2.24) is 30.7 Å². The van der Waals surface area contributed by atoms with Crippen molar-refractivity contribution in [2.24, 2.45) is 0 Å². The number of anilines is 1. The fraction of sp³-hybridized carbons (Fsp3) is 0.154. The number of H-pyrrole nitrogens is 1. The summed E-state index contributed by atoms with van der Waals surface area (Å²) < 4.78 is 0. The van der Waals surface area contributed by atoms with E-state index in [2.05, 4.69) is 36.0 Å². The molecule has 0 radical (unpaired) electrons. The Kier molecular flexibility index (Phi) is 4.05. The number of nitrogens with zero attached hydrogens (tertiary/aromatic N) is 4. The third-order valence-corrected chi connectivity index (χ3v) is 3.48. The Morgan fingerprint density at radius 2 is 2.09 bits per heavy atom. The van der Waals surface area contributed by atoms with Gasteiger partial charge in [-0.3, -0.25) is 10.4 Å². The highest BCUT2D eigenvalue weighted by atomic mass is 32.1. The molecule has 112 valence electrons. The van der Waals surface area contributed by atoms with Crippen molar-refractivity contribution in [1.29, 1.82) is 0 Å². The Morgan fingerprint density at radius 1 is 1.27 bits per heavy atom. The molecule has 9 heteroatoms. The van der Waals surface area contributed by atoms with Gasteiger partial charge in [0.15, 0.2) is 5.82 Å². The predicted molar refractivity (Wildman–Crippen MR) is 82.3 cm³/mol. The SMILES string of the molecule is Cc1nnc(NC(=O)NCc2nc(-c3ccccc3)n[nH]2)s1. The van der Waals surface area contributed by atoms with Crippen molar-refractivity contribution in [3.63, 3.8) is 0 Å². The van der Waals surface area contributed by atoms with Crippen molar-refractivity contribution >= 4 is 22.5 Å². The van der Waals surface area contributed by atoms with Gasteiger partial charge in [-0.15, -0.1) is 10.2 Å². The summed E-state index contributed by atoms with van der Waals surface area (Å²) in [5.74, 6) is 1.17. The van der Waals surface area contributed by atoms with Gasteiger partial charge in [-0.1, -0.05) is 41.7 Å². The highest BCUT2D eigenvalue weighted by Gasteiger charge is 2.08. The second kappa shape index (κ2) is 6.31. The van der Waals surface area contributed by atoms with E-state index in [4.69, 9.17) is 0 Å². The maximum absolute atomic E-state index is 11.7. The summed E-state index contributed by atoms with van der Waals surface area (Å²) in [6.07, 6.45) is 0. The molecule has 0 aliphatic heterocycles. The number of carbonyl (C=O) groups excluding carboxylic acids is 1. The van der Waals surface area contributed by atoms with E-state index in [0.29, 0.717) is 16.8 Å². The van der Waals surface area contributed by atoms with Crippen molar-refractivity contribution in [3.05, 3.63) is 41.2 Å². The second-order valence-electron chi connectivity index (χ2n) is 4.41. The largest absolute Gasteiger partial charge is 0.331 e. The molecule has 0 unspecified atom stereocenters. The summed E-state index contributed by atoms with van der Waals surface area (Å²) in [5.41, 5.74) is 0.916. The molecule has 3 N–H and O–H groups in total. The normalized spacial score (nSPS) is 10.4. The van der Waals surface area contributed by atoms with E-state index >= 15 is 0 Å². The number of aromatic amines is 1. The first-order valence-corrected chi connectivity index (χ1v) is 7.34. The van der Waals surface area contributed by atoms with Crippen LogP contribution in [0.3, 0.4) is 0 Å². The quantitative estimate of drug-likeness (QED) is 0.682. The first kappa shape index (κ1) is 14.1. The number of aromatic nitrogens is 5. The first-order chi connectivity index (χ1) is 10.7. The van der Waals surface area contributed by atoms with Gasteiger partial charge in [-0.05, 0) is 6.92 Å². The van der Waals surface area contributed by atoms with E-state index in [0.717, 1.165) is 10.6 Å². The molecule has 0 spiro atoms. The average Bonchev–Trinajstić information content (AvgIpc) is 3.15. The Balaban J connectivity index is 1.56. The van der Waals surface area contributed by atoms with Gasteiger partial charge in [-0.25, -0.2) is 9.78 Å². The zero-order valence-corrected chi connectivity index (χ0v) is 12.5. The third-order valence-electron chi connectivity index (χ3n) is 2.73. The van der Waals surface area contributed by atoms with Gasteiger partial charge in [0.2, 0.25) is 5.13 Å². The maximum atomic E-state index is 11.7. The summed E-state index contributed by atoms with van der Waals surface area (Å²) in [4.78, 5) is 16.1. The number of carbonyl (C=O) groups is 1. The van der Waals surface area contributed by atoms with Crippen molar-refractivity contribution in [3.8, 4) is 11.4 Å². The highest BCUT2D eigenvalue weighted by molar-refractivity contribution is 7.15. The molecule has 0 atom stereocenters. The molecule has 0 saturated carbocycles. The Bertz CT molecular complexity index is 768. The minimum atomic E-state index is -0.367. The summed E-state index contributed by atoms with van der Waals surface area (Å²) in [6.45, 7) is 2.06. The van der Waals surface area contributed by atoms with Crippen LogP contribution in [0.2, 0.25) is 0 Å². The van der Waals surface area contributed by atoms with E-state index in [1.54, 1.807) is 0 Å². The lowest BCUT2D eigenvalue weighted by molar-refractivity contribution is 0.251. The van der Waals surface area contributed by atoms with Crippen molar-refractivity contribution in [2.45, 2.75) is 13.5 Å². The minimum absolute atomic E-state index is 0.240. The molecule has 22 heavy (non-hydrogen) atoms. The zero-order chi connectivity index (χ0) is 15.4. The molecule has 2 aromatic heterocycles. The predicted octanol–water partition coefficient (Wildman–Crippen LogP) is 1.95. The number of hydrogen-bond acceptors (Lipinski definition) is 6. The number of nitrogens with one attached hydrogen (secondary N) is 3. The topological polar surface area (TPSA) is 108 Å². The van der Waals surface area contributed by atoms with Gasteiger partial charge in [0, 0.05) is 5.56 Å². The van der Waals surface area contributed by atoms with Gasteiger partial charge in [0.1, 0.15) is 10.8 Å². The van der Waals surface area contributed by atoms with Crippen LogP contribution >= 0.6 is 11.3 Å². The Morgan fingerprint density at radius 3 is 2.82 bits per heavy atom. The van der Waals surface area contributed by atoms with Crippen molar-refractivity contribution in [2.75, 3.05) is 5.32 Å². The minimum Gasteiger partial charge on any atom is -0.331 e. The lowest BCUT2D eigenvalue weighted by Crippen LogP contribution is -2.28. The lowest BCUT2D eigenvalue weighted by atomic mass is 10.2. The second-order valence-corrected chi connectivity index (χ2v) is 5.59. The summed E-state index contributed by atoms with van der Waals surface area (Å²) in [5, 5.41) is 21.1. The van der Waals surface area contributed by atoms with Gasteiger partial charge < -0.3 is 5.32 Å². The van der Waals surface area contributed by atoms with Gasteiger partial charge in [0.05, 0.1) is 6.54 Å². The number of benzene rings is 1. The molecule has 8 nitrogen and oxygen atoms in total. The van der Waals surface area contributed by atoms with E-state index in [1.807, 2.05) is 37.3 Å². The molecule has 2 amide bonds. The van der Waals surface area contributed by atoms with E-state index in [1.165, 1.54) is 11.3 Å². The van der Waals surface area contributed by atoms with Crippen LogP contribution in [0.1, 0.15) is 10.8 Å². The summed E-state index contributed by atoms with van der Waals surface area (Å²) >= 11 is 1.31. The van der Waals surface area contributed by atoms with Crippen LogP contribution in [-0.2, 0) is 6.54 Å². The lowest BCUT2D eigenvalue weighted by Gasteiger charge is -2.02. The Labute approximate surface area is 130 Å². The Hall–Kier alpha value is -2.81. The average molecular weight is 315 g/mol. The molecular weight excluding hydrogens is 302 g/mol. The van der Waals surface area contributed by atoms with Gasteiger partial charge >= 0.3 is 6.03 Å². The number of rotatable bonds is 4. The van der Waals surface area contributed by atoms with Crippen LogP contribution in [0.15, 0.2) is 30.3 Å². The third kappa shape index (κ3) is 3.44. The fourth-order valence-corrected chi connectivity index (χ4v) is 2.33. The molecule has 1 aromatic carbocycles. The van der Waals surface area contributed by atoms with Gasteiger partial charge in [-0.2, -0.15) is 5.10 Å². The molecule has 0 aliphatic rings. The molecule has 0 fully saturated rings. The smallest absolute Gasteiger partial charge is 0.321 e. The van der Waals surface area contributed by atoms with E-state index < -0.39 is 0 Å². The van der Waals surface area contributed by atoms with E-state index in [9.17, 15) is 4.79 Å². The maximum Gasteiger partial charge on any atom is 0.321 e. The number of amides is 2. The summed E-state index contributed by atoms with van der Waals surface area (Å²) in [7, 11) is 0. The number of urea groups is 1. The molecule has 0 bridgehead atoms. The summed E-state index contributed by atoms with van der Waals surface area (Å²) in [6, 6.07) is 9.24. The van der Waals surface area contributed by atoms with Crippen LogP contribution in [0, 0.1) is 6.92 Å². The highest BCUT2D eigenvalue weighted by Crippen LogP contribution is 2.14. The first-order valence-electron chi connectivity index (χ1n) is 6.52. The van der Waals surface area contributed by atoms with Crippen LogP contribution in [-0.4, -0.2) is 31.4 Å². The molecule has 0 aliphatic carbocycles. The fourth-order valence-electron chi connectivity index (χ4n) is 1.74. The van der Waals surface area contributed by atoms with Crippen molar-refractivity contribution < 1.29 is 4.79 Å². The zero-order valence-electron chi connectivity index (χ0n) is 11.7. The van der Waals surface area contributed by atoms with Crippen LogP contribution < -0.4 is 10.6 Å². The number of aryl methyl sites for hydroxylation is 1. The standard InChI is InChI=1S/C13H13N7OS/c1-8-17-20-13(22-8)16-12(21)14-7-10-15-11(19-18-10)9-5-3-2-4-6-9/h2-6H,7H2,1H3,(H,15,18,19)(H2,14,16,20,21).